The highest BCUT2D eigenvalue weighted by atomic mass is 32.2. The molecule has 2 aliphatic rings. The summed E-state index contributed by atoms with van der Waals surface area (Å²) in [5, 5.41) is 15.7. The van der Waals surface area contributed by atoms with Crippen molar-refractivity contribution in [2.75, 3.05) is 31.0 Å². The highest BCUT2D eigenvalue weighted by Crippen LogP contribution is 2.29. The molecule has 2 aliphatic heterocycles. The van der Waals surface area contributed by atoms with E-state index in [1.54, 1.807) is 36.2 Å². The van der Waals surface area contributed by atoms with Crippen molar-refractivity contribution >= 4 is 27.5 Å². The Morgan fingerprint density at radius 1 is 1.06 bits per heavy atom. The van der Waals surface area contributed by atoms with Crippen LogP contribution in [0.15, 0.2) is 47.4 Å². The molecule has 0 bridgehead atoms. The number of piperidine rings is 1. The van der Waals surface area contributed by atoms with Crippen molar-refractivity contribution in [2.24, 2.45) is 5.73 Å². The molecule has 0 unspecified atom stereocenters. The van der Waals surface area contributed by atoms with Crippen LogP contribution in [0.2, 0.25) is 0 Å². The molecule has 2 aromatic rings. The standard InChI is InChI=1S/C25H34N6O3S/c1-3-24(26)30-14-11-22(12-15-30)34-21-6-8-23(9-7-21)35(32,33)29(2)20-5-4-18-10-13-31(25(27)28)17-19(18)16-20/h4-9,16,22,26H,3,10-15,17H2,1-2H3,(H3,27,28). The zero-order chi connectivity index (χ0) is 25.2. The first-order valence-electron chi connectivity index (χ1n) is 12.0. The van der Waals surface area contributed by atoms with Gasteiger partial charge in [-0.15, -0.1) is 0 Å². The topological polar surface area (TPSA) is 127 Å². The summed E-state index contributed by atoms with van der Waals surface area (Å²) >= 11 is 0. The van der Waals surface area contributed by atoms with Gasteiger partial charge in [0, 0.05) is 52.5 Å². The fourth-order valence-electron chi connectivity index (χ4n) is 4.59. The lowest BCUT2D eigenvalue weighted by molar-refractivity contribution is 0.130. The molecule has 0 aliphatic carbocycles. The second kappa shape index (κ2) is 10.2. The zero-order valence-corrected chi connectivity index (χ0v) is 21.1. The van der Waals surface area contributed by atoms with Crippen LogP contribution in [0.4, 0.5) is 5.69 Å². The van der Waals surface area contributed by atoms with Gasteiger partial charge in [-0.25, -0.2) is 8.42 Å². The average molecular weight is 499 g/mol. The number of rotatable bonds is 6. The van der Waals surface area contributed by atoms with Crippen molar-refractivity contribution in [1.82, 2.24) is 9.80 Å². The number of anilines is 1. The number of nitrogens with two attached hydrogens (primary N) is 1. The maximum absolute atomic E-state index is 13.3. The smallest absolute Gasteiger partial charge is 0.264 e. The number of sulfonamides is 1. The number of nitrogens with one attached hydrogen (secondary N) is 2. The molecule has 4 N–H and O–H groups in total. The van der Waals surface area contributed by atoms with Crippen LogP contribution in [0.1, 0.15) is 37.3 Å². The van der Waals surface area contributed by atoms with E-state index >= 15 is 0 Å². The lowest BCUT2D eigenvalue weighted by Crippen LogP contribution is -2.41. The predicted octanol–water partition coefficient (Wildman–Crippen LogP) is 2.99. The summed E-state index contributed by atoms with van der Waals surface area (Å²) in [4.78, 5) is 4.06. The first-order chi connectivity index (χ1) is 16.7. The Hall–Kier alpha value is -3.27. The normalized spacial score (nSPS) is 16.5. The third-order valence-corrected chi connectivity index (χ3v) is 8.65. The van der Waals surface area contributed by atoms with Crippen LogP contribution in [0.5, 0.6) is 5.75 Å². The highest BCUT2D eigenvalue weighted by Gasteiger charge is 2.25. The van der Waals surface area contributed by atoms with Gasteiger partial charge in [-0.05, 0) is 53.9 Å². The van der Waals surface area contributed by atoms with Crippen LogP contribution in [-0.4, -0.2) is 62.8 Å². The van der Waals surface area contributed by atoms with Gasteiger partial charge >= 0.3 is 0 Å². The lowest BCUT2D eigenvalue weighted by atomic mass is 9.99. The van der Waals surface area contributed by atoms with Crippen LogP contribution in [0.3, 0.4) is 0 Å². The summed E-state index contributed by atoms with van der Waals surface area (Å²) < 4.78 is 34.0. The van der Waals surface area contributed by atoms with Crippen molar-refractivity contribution in [3.8, 4) is 5.75 Å². The Labute approximate surface area is 207 Å². The van der Waals surface area contributed by atoms with Crippen molar-refractivity contribution in [3.63, 3.8) is 0 Å². The molecular weight excluding hydrogens is 464 g/mol. The Morgan fingerprint density at radius 3 is 2.37 bits per heavy atom. The summed E-state index contributed by atoms with van der Waals surface area (Å²) in [5.74, 6) is 1.33. The number of benzene rings is 2. The number of hydrogen-bond donors (Lipinski definition) is 3. The monoisotopic (exact) mass is 498 g/mol. The van der Waals surface area contributed by atoms with Crippen molar-refractivity contribution in [2.45, 2.75) is 50.2 Å². The third kappa shape index (κ3) is 5.37. The maximum Gasteiger partial charge on any atom is 0.264 e. The summed E-state index contributed by atoms with van der Waals surface area (Å²) in [7, 11) is -2.20. The first-order valence-corrected chi connectivity index (χ1v) is 13.4. The predicted molar refractivity (Wildman–Crippen MR) is 138 cm³/mol. The molecule has 0 atom stereocenters. The first kappa shape index (κ1) is 24.8. The molecule has 0 spiro atoms. The largest absolute Gasteiger partial charge is 0.490 e. The number of likely N-dealkylation sites (tertiary alicyclic amines) is 1. The fourth-order valence-corrected chi connectivity index (χ4v) is 5.78. The van der Waals surface area contributed by atoms with Crippen LogP contribution in [-0.2, 0) is 23.0 Å². The second-order valence-corrected chi connectivity index (χ2v) is 11.0. The summed E-state index contributed by atoms with van der Waals surface area (Å²) in [5.41, 5.74) is 8.34. The number of guanidine groups is 1. The molecule has 0 radical (unpaired) electrons. The second-order valence-electron chi connectivity index (χ2n) is 9.06. The van der Waals surface area contributed by atoms with Gasteiger partial charge < -0.3 is 20.3 Å². The van der Waals surface area contributed by atoms with Gasteiger partial charge in [-0.2, -0.15) is 0 Å². The third-order valence-electron chi connectivity index (χ3n) is 6.85. The van der Waals surface area contributed by atoms with E-state index in [1.807, 2.05) is 25.1 Å². The Balaban J connectivity index is 1.42. The molecule has 0 aromatic heterocycles. The van der Waals surface area contributed by atoms with E-state index in [0.29, 0.717) is 30.4 Å². The molecule has 10 heteroatoms. The molecule has 2 aromatic carbocycles. The Bertz CT molecular complexity index is 1190. The summed E-state index contributed by atoms with van der Waals surface area (Å²) in [6, 6.07) is 12.2. The molecular formula is C25H34N6O3S. The maximum atomic E-state index is 13.3. The van der Waals surface area contributed by atoms with Crippen LogP contribution >= 0.6 is 0 Å². The zero-order valence-electron chi connectivity index (χ0n) is 20.3. The van der Waals surface area contributed by atoms with Crippen molar-refractivity contribution < 1.29 is 13.2 Å². The van der Waals surface area contributed by atoms with Gasteiger partial charge in [-0.3, -0.25) is 15.1 Å². The van der Waals surface area contributed by atoms with Gasteiger partial charge in [0.25, 0.3) is 10.0 Å². The van der Waals surface area contributed by atoms with Gasteiger partial charge in [0.05, 0.1) is 16.4 Å². The molecule has 0 amide bonds. The van der Waals surface area contributed by atoms with E-state index in [4.69, 9.17) is 21.3 Å². The molecule has 1 saturated heterocycles. The van der Waals surface area contributed by atoms with Gasteiger partial charge in [0.2, 0.25) is 0 Å². The molecule has 0 saturated carbocycles. The average Bonchev–Trinajstić information content (AvgIpc) is 2.87. The molecule has 188 valence electrons. The van der Waals surface area contributed by atoms with Gasteiger partial charge in [-0.1, -0.05) is 13.0 Å². The number of ether oxygens (including phenoxy) is 1. The minimum absolute atomic E-state index is 0.0234. The van der Waals surface area contributed by atoms with E-state index in [-0.39, 0.29) is 17.0 Å². The van der Waals surface area contributed by atoms with E-state index in [9.17, 15) is 8.42 Å². The fraction of sp³-hybridized carbons (Fsp3) is 0.440. The van der Waals surface area contributed by atoms with E-state index in [2.05, 4.69) is 4.90 Å². The molecule has 2 heterocycles. The molecule has 35 heavy (non-hydrogen) atoms. The van der Waals surface area contributed by atoms with Crippen LogP contribution in [0.25, 0.3) is 0 Å². The van der Waals surface area contributed by atoms with Crippen LogP contribution < -0.4 is 14.8 Å². The SMILES string of the molecule is CCC(=N)N1CCC(Oc2ccc(S(=O)(=O)N(C)c3ccc4c(c3)CN(C(=N)N)CC4)cc2)CC1. The minimum Gasteiger partial charge on any atom is -0.490 e. The Morgan fingerprint density at radius 2 is 1.74 bits per heavy atom. The molecule has 4 rings (SSSR count). The number of amidine groups is 1. The molecule has 9 nitrogen and oxygen atoms in total. The summed E-state index contributed by atoms with van der Waals surface area (Å²) in [6.45, 7) is 4.79. The number of fused-ring (bicyclic) bond motifs is 1. The Kier molecular flexibility index (Phi) is 7.20. The van der Waals surface area contributed by atoms with Crippen molar-refractivity contribution in [3.05, 3.63) is 53.6 Å². The number of hydrogen-bond acceptors (Lipinski definition) is 5. The van der Waals surface area contributed by atoms with Crippen LogP contribution in [0, 0.1) is 10.8 Å². The highest BCUT2D eigenvalue weighted by molar-refractivity contribution is 7.92. The number of nitrogens with zero attached hydrogens (tertiary/aromatic N) is 3. The quantitative estimate of drug-likeness (QED) is 0.415. The van der Waals surface area contributed by atoms with E-state index in [0.717, 1.165) is 49.9 Å². The van der Waals surface area contributed by atoms with E-state index < -0.39 is 10.0 Å². The lowest BCUT2D eigenvalue weighted by Gasteiger charge is -2.33. The summed E-state index contributed by atoms with van der Waals surface area (Å²) in [6.07, 6.45) is 3.24. The van der Waals surface area contributed by atoms with Crippen molar-refractivity contribution in [1.29, 1.82) is 10.8 Å². The van der Waals surface area contributed by atoms with Gasteiger partial charge in [0.1, 0.15) is 11.9 Å². The molecule has 1 fully saturated rings. The minimum atomic E-state index is -3.75. The van der Waals surface area contributed by atoms with Gasteiger partial charge in [0.15, 0.2) is 5.96 Å². The van der Waals surface area contributed by atoms with E-state index in [1.165, 1.54) is 4.31 Å².